The summed E-state index contributed by atoms with van der Waals surface area (Å²) >= 11 is 0. The van der Waals surface area contributed by atoms with E-state index in [1.54, 1.807) is 4.90 Å². The molecule has 1 rings (SSSR count). The molecule has 0 bridgehead atoms. The summed E-state index contributed by atoms with van der Waals surface area (Å²) < 4.78 is 0. The van der Waals surface area contributed by atoms with Gasteiger partial charge in [-0.25, -0.2) is 4.79 Å². The van der Waals surface area contributed by atoms with E-state index in [1.165, 1.54) is 7.05 Å². The first kappa shape index (κ1) is 14.4. The molecule has 1 aliphatic rings. The Kier molecular flexibility index (Phi) is 5.08. The fourth-order valence-corrected chi connectivity index (χ4v) is 2.05. The van der Waals surface area contributed by atoms with Gasteiger partial charge in [-0.1, -0.05) is 6.92 Å². The van der Waals surface area contributed by atoms with E-state index in [1.807, 2.05) is 6.92 Å². The molecule has 0 spiro atoms. The Balaban J connectivity index is 2.55. The number of carbonyl (C=O) groups excluding carboxylic acids is 2. The maximum atomic E-state index is 11.5. The van der Waals surface area contributed by atoms with Gasteiger partial charge in [0.1, 0.15) is 6.04 Å². The van der Waals surface area contributed by atoms with Crippen molar-refractivity contribution in [2.24, 2.45) is 5.92 Å². The van der Waals surface area contributed by atoms with Crippen molar-refractivity contribution in [3.8, 4) is 0 Å². The fraction of sp³-hybridized carbons (Fsp3) is 0.727. The van der Waals surface area contributed by atoms with Gasteiger partial charge in [-0.3, -0.25) is 19.8 Å². The predicted octanol–water partition coefficient (Wildman–Crippen LogP) is -0.373. The van der Waals surface area contributed by atoms with E-state index >= 15 is 0 Å². The molecule has 2 atom stereocenters. The Morgan fingerprint density at radius 1 is 1.39 bits per heavy atom. The van der Waals surface area contributed by atoms with E-state index in [-0.39, 0.29) is 6.54 Å². The monoisotopic (exact) mass is 257 g/mol. The van der Waals surface area contributed by atoms with Crippen molar-refractivity contribution < 1.29 is 19.5 Å². The van der Waals surface area contributed by atoms with Gasteiger partial charge in [0.15, 0.2) is 0 Å². The smallest absolute Gasteiger partial charge is 0.321 e. The Labute approximate surface area is 106 Å². The summed E-state index contributed by atoms with van der Waals surface area (Å²) in [6.45, 7) is 2.48. The molecular formula is C11H19N3O4. The van der Waals surface area contributed by atoms with E-state index in [9.17, 15) is 14.4 Å². The zero-order valence-corrected chi connectivity index (χ0v) is 10.6. The number of carbonyl (C=O) groups is 3. The number of carboxylic acids is 1. The molecule has 1 heterocycles. The predicted molar refractivity (Wildman–Crippen MR) is 64.0 cm³/mol. The lowest BCUT2D eigenvalue weighted by Gasteiger charge is -2.35. The highest BCUT2D eigenvalue weighted by Crippen LogP contribution is 2.22. The second-order valence-corrected chi connectivity index (χ2v) is 4.58. The molecule has 0 radical (unpaired) electrons. The molecule has 0 saturated carbocycles. The van der Waals surface area contributed by atoms with Crippen molar-refractivity contribution in [1.82, 2.24) is 15.5 Å². The molecule has 7 nitrogen and oxygen atoms in total. The van der Waals surface area contributed by atoms with Crippen LogP contribution in [-0.2, 0) is 9.59 Å². The van der Waals surface area contributed by atoms with Gasteiger partial charge < -0.3 is 10.4 Å². The molecule has 1 fully saturated rings. The largest absolute Gasteiger partial charge is 0.480 e. The van der Waals surface area contributed by atoms with Gasteiger partial charge in [-0.05, 0) is 25.3 Å². The Morgan fingerprint density at radius 2 is 2.06 bits per heavy atom. The van der Waals surface area contributed by atoms with Gasteiger partial charge in [0, 0.05) is 7.05 Å². The minimum atomic E-state index is -0.922. The summed E-state index contributed by atoms with van der Waals surface area (Å²) in [5.74, 6) is -1.08. The number of carboxylic acid groups (broad SMARTS) is 1. The molecule has 1 aliphatic heterocycles. The molecular weight excluding hydrogens is 238 g/mol. The lowest BCUT2D eigenvalue weighted by atomic mass is 9.92. The zero-order chi connectivity index (χ0) is 13.7. The summed E-state index contributed by atoms with van der Waals surface area (Å²) in [6, 6.07) is -1.23. The van der Waals surface area contributed by atoms with Gasteiger partial charge in [0.05, 0.1) is 6.54 Å². The van der Waals surface area contributed by atoms with Crippen LogP contribution in [0.3, 0.4) is 0 Å². The third kappa shape index (κ3) is 3.99. The molecule has 0 aromatic rings. The number of rotatable bonds is 3. The molecule has 7 heteroatoms. The van der Waals surface area contributed by atoms with Crippen molar-refractivity contribution in [2.45, 2.75) is 25.8 Å². The van der Waals surface area contributed by atoms with E-state index in [2.05, 4.69) is 10.6 Å². The highest BCUT2D eigenvalue weighted by molar-refractivity contribution is 5.95. The summed E-state index contributed by atoms with van der Waals surface area (Å²) in [5.41, 5.74) is 0. The standard InChI is InChI=1S/C11H19N3O4/c1-7-3-4-14(8(5-7)10(16)17)6-9(15)13-11(18)12-2/h7-8H,3-6H2,1-2H3,(H,16,17)(H2,12,13,15,18). The minimum absolute atomic E-state index is 0.0723. The average Bonchev–Trinajstić information content (AvgIpc) is 2.30. The maximum absolute atomic E-state index is 11.5. The number of likely N-dealkylation sites (tertiary alicyclic amines) is 1. The second kappa shape index (κ2) is 6.34. The van der Waals surface area contributed by atoms with E-state index in [0.29, 0.717) is 18.9 Å². The quantitative estimate of drug-likeness (QED) is 0.640. The molecule has 1 saturated heterocycles. The van der Waals surface area contributed by atoms with Crippen LogP contribution < -0.4 is 10.6 Å². The first-order valence-electron chi connectivity index (χ1n) is 5.92. The second-order valence-electron chi connectivity index (χ2n) is 4.58. The van der Waals surface area contributed by atoms with Gasteiger partial charge in [-0.2, -0.15) is 0 Å². The Hall–Kier alpha value is -1.63. The van der Waals surface area contributed by atoms with Gasteiger partial charge in [0.25, 0.3) is 0 Å². The van der Waals surface area contributed by atoms with E-state index < -0.39 is 23.9 Å². The van der Waals surface area contributed by atoms with Crippen LogP contribution >= 0.6 is 0 Å². The van der Waals surface area contributed by atoms with Crippen LogP contribution in [0.2, 0.25) is 0 Å². The fourth-order valence-electron chi connectivity index (χ4n) is 2.05. The highest BCUT2D eigenvalue weighted by atomic mass is 16.4. The number of nitrogens with zero attached hydrogens (tertiary/aromatic N) is 1. The van der Waals surface area contributed by atoms with Crippen LogP contribution in [0.1, 0.15) is 19.8 Å². The summed E-state index contributed by atoms with van der Waals surface area (Å²) in [5, 5.41) is 13.5. The van der Waals surface area contributed by atoms with Crippen molar-refractivity contribution in [3.63, 3.8) is 0 Å². The molecule has 0 aromatic carbocycles. The summed E-state index contributed by atoms with van der Waals surface area (Å²) in [4.78, 5) is 35.2. The van der Waals surface area contributed by atoms with Crippen LogP contribution in [0.15, 0.2) is 0 Å². The van der Waals surface area contributed by atoms with Crippen molar-refractivity contribution >= 4 is 17.9 Å². The van der Waals surface area contributed by atoms with Gasteiger partial charge in [-0.15, -0.1) is 0 Å². The third-order valence-corrected chi connectivity index (χ3v) is 3.09. The third-order valence-electron chi connectivity index (χ3n) is 3.09. The number of hydrogen-bond acceptors (Lipinski definition) is 4. The normalized spacial score (nSPS) is 24.3. The number of nitrogens with one attached hydrogen (secondary N) is 2. The van der Waals surface area contributed by atoms with Crippen molar-refractivity contribution in [1.29, 1.82) is 0 Å². The van der Waals surface area contributed by atoms with Crippen LogP contribution in [0.4, 0.5) is 4.79 Å². The molecule has 0 aliphatic carbocycles. The molecule has 102 valence electrons. The molecule has 3 N–H and O–H groups in total. The van der Waals surface area contributed by atoms with Crippen LogP contribution in [0.5, 0.6) is 0 Å². The SMILES string of the molecule is CNC(=O)NC(=O)CN1CCC(C)CC1C(=O)O. The summed E-state index contributed by atoms with van der Waals surface area (Å²) in [6.07, 6.45) is 1.39. The number of piperidine rings is 1. The number of hydrogen-bond donors (Lipinski definition) is 3. The average molecular weight is 257 g/mol. The number of imide groups is 1. The highest BCUT2D eigenvalue weighted by Gasteiger charge is 2.32. The van der Waals surface area contributed by atoms with Crippen LogP contribution in [-0.4, -0.2) is 54.1 Å². The number of amides is 3. The Morgan fingerprint density at radius 3 is 2.61 bits per heavy atom. The van der Waals surface area contributed by atoms with Crippen LogP contribution in [0, 0.1) is 5.92 Å². The molecule has 2 unspecified atom stereocenters. The van der Waals surface area contributed by atoms with Gasteiger partial charge in [0.2, 0.25) is 5.91 Å². The number of aliphatic carboxylic acids is 1. The first-order valence-corrected chi connectivity index (χ1v) is 5.92. The molecule has 3 amide bonds. The summed E-state index contributed by atoms with van der Waals surface area (Å²) in [7, 11) is 1.41. The van der Waals surface area contributed by atoms with E-state index in [0.717, 1.165) is 6.42 Å². The number of urea groups is 1. The maximum Gasteiger partial charge on any atom is 0.321 e. The Bertz CT molecular complexity index is 345. The lowest BCUT2D eigenvalue weighted by Crippen LogP contribution is -2.51. The zero-order valence-electron chi connectivity index (χ0n) is 10.6. The van der Waals surface area contributed by atoms with Crippen LogP contribution in [0.25, 0.3) is 0 Å². The molecule has 18 heavy (non-hydrogen) atoms. The minimum Gasteiger partial charge on any atom is -0.480 e. The first-order chi connectivity index (χ1) is 8.43. The lowest BCUT2D eigenvalue weighted by molar-refractivity contribution is -0.146. The van der Waals surface area contributed by atoms with Gasteiger partial charge >= 0.3 is 12.0 Å². The topological polar surface area (TPSA) is 98.7 Å². The molecule has 0 aromatic heterocycles. The van der Waals surface area contributed by atoms with Crippen molar-refractivity contribution in [3.05, 3.63) is 0 Å². The van der Waals surface area contributed by atoms with E-state index in [4.69, 9.17) is 5.11 Å². The van der Waals surface area contributed by atoms with Crippen molar-refractivity contribution in [2.75, 3.05) is 20.1 Å².